The van der Waals surface area contributed by atoms with Crippen LogP contribution in [0.5, 0.6) is 11.5 Å². The van der Waals surface area contributed by atoms with Gasteiger partial charge in [-0.2, -0.15) is 11.8 Å². The van der Waals surface area contributed by atoms with Gasteiger partial charge in [-0.3, -0.25) is 4.79 Å². The zero-order valence-electron chi connectivity index (χ0n) is 16.8. The molecule has 1 aromatic carbocycles. The number of hydrogen-bond acceptors (Lipinski definition) is 8. The SMILES string of the molecule is COc1ccc(NC(=O)c2csc(-c3ccc(N4CCSCC4)nc3)n2)c(OC)c1. The van der Waals surface area contributed by atoms with Crippen molar-refractivity contribution in [3.8, 4) is 22.1 Å². The highest BCUT2D eigenvalue weighted by Crippen LogP contribution is 2.30. The molecule has 1 N–H and O–H groups in total. The number of anilines is 2. The van der Waals surface area contributed by atoms with Gasteiger partial charge in [0.1, 0.15) is 28.0 Å². The predicted octanol–water partition coefficient (Wildman–Crippen LogP) is 4.03. The molecule has 1 aliphatic heterocycles. The number of aromatic nitrogens is 2. The molecule has 3 heterocycles. The van der Waals surface area contributed by atoms with Crippen LogP contribution >= 0.6 is 23.1 Å². The van der Waals surface area contributed by atoms with Crippen molar-refractivity contribution in [3.05, 3.63) is 47.6 Å². The summed E-state index contributed by atoms with van der Waals surface area (Å²) in [5.74, 6) is 4.13. The van der Waals surface area contributed by atoms with Crippen molar-refractivity contribution in [2.24, 2.45) is 0 Å². The van der Waals surface area contributed by atoms with E-state index >= 15 is 0 Å². The van der Waals surface area contributed by atoms with E-state index in [1.54, 1.807) is 37.8 Å². The first-order chi connectivity index (χ1) is 14.7. The van der Waals surface area contributed by atoms with E-state index in [2.05, 4.69) is 20.2 Å². The molecular weight excluding hydrogens is 420 g/mol. The Morgan fingerprint density at radius 3 is 2.67 bits per heavy atom. The lowest BCUT2D eigenvalue weighted by molar-refractivity contribution is 0.102. The Morgan fingerprint density at radius 2 is 1.97 bits per heavy atom. The maximum Gasteiger partial charge on any atom is 0.275 e. The average Bonchev–Trinajstić information content (AvgIpc) is 3.30. The van der Waals surface area contributed by atoms with Gasteiger partial charge in [-0.1, -0.05) is 0 Å². The molecule has 0 bridgehead atoms. The summed E-state index contributed by atoms with van der Waals surface area (Å²) in [6.07, 6.45) is 1.82. The minimum absolute atomic E-state index is 0.295. The maximum absolute atomic E-state index is 12.7. The van der Waals surface area contributed by atoms with Gasteiger partial charge in [-0.15, -0.1) is 11.3 Å². The number of rotatable bonds is 6. The van der Waals surface area contributed by atoms with Crippen LogP contribution in [-0.2, 0) is 0 Å². The fraction of sp³-hybridized carbons (Fsp3) is 0.286. The topological polar surface area (TPSA) is 76.6 Å². The number of ether oxygens (including phenoxy) is 2. The number of benzene rings is 1. The Bertz CT molecular complexity index is 1020. The normalized spacial score (nSPS) is 13.7. The highest BCUT2D eigenvalue weighted by molar-refractivity contribution is 7.99. The summed E-state index contributed by atoms with van der Waals surface area (Å²) in [6, 6.07) is 9.26. The van der Waals surface area contributed by atoms with E-state index in [0.29, 0.717) is 22.9 Å². The third-order valence-electron chi connectivity index (χ3n) is 4.72. The molecule has 0 unspecified atom stereocenters. The molecule has 30 heavy (non-hydrogen) atoms. The van der Waals surface area contributed by atoms with Gasteiger partial charge in [0.25, 0.3) is 5.91 Å². The molecule has 7 nitrogen and oxygen atoms in total. The first-order valence-corrected chi connectivity index (χ1v) is 11.5. The summed E-state index contributed by atoms with van der Waals surface area (Å²) in [5.41, 5.74) is 1.81. The number of thioether (sulfide) groups is 1. The van der Waals surface area contributed by atoms with Crippen LogP contribution in [0, 0.1) is 0 Å². The molecule has 0 spiro atoms. The van der Waals surface area contributed by atoms with E-state index < -0.39 is 0 Å². The lowest BCUT2D eigenvalue weighted by atomic mass is 10.2. The Labute approximate surface area is 183 Å². The maximum atomic E-state index is 12.7. The van der Waals surface area contributed by atoms with Crippen LogP contribution in [0.1, 0.15) is 10.5 Å². The van der Waals surface area contributed by atoms with Gasteiger partial charge >= 0.3 is 0 Å². The number of carbonyl (C=O) groups excluding carboxylic acids is 1. The Morgan fingerprint density at radius 1 is 1.13 bits per heavy atom. The number of hydrogen-bond donors (Lipinski definition) is 1. The molecule has 9 heteroatoms. The van der Waals surface area contributed by atoms with E-state index in [0.717, 1.165) is 41.0 Å². The molecule has 0 radical (unpaired) electrons. The molecular formula is C21H22N4O3S2. The van der Waals surface area contributed by atoms with E-state index in [-0.39, 0.29) is 5.91 Å². The quantitative estimate of drug-likeness (QED) is 0.618. The van der Waals surface area contributed by atoms with Crippen molar-refractivity contribution in [2.75, 3.05) is 49.0 Å². The molecule has 2 aromatic heterocycles. The Kier molecular flexibility index (Phi) is 6.39. The van der Waals surface area contributed by atoms with Crippen LogP contribution in [0.2, 0.25) is 0 Å². The van der Waals surface area contributed by atoms with Crippen LogP contribution in [-0.4, -0.2) is 54.7 Å². The van der Waals surface area contributed by atoms with Crippen LogP contribution in [0.25, 0.3) is 10.6 Å². The van der Waals surface area contributed by atoms with Gasteiger partial charge in [0.15, 0.2) is 0 Å². The second-order valence-electron chi connectivity index (χ2n) is 6.56. The summed E-state index contributed by atoms with van der Waals surface area (Å²) in [6.45, 7) is 2.04. The van der Waals surface area contributed by atoms with Gasteiger partial charge < -0.3 is 19.7 Å². The lowest BCUT2D eigenvalue weighted by Gasteiger charge is -2.27. The zero-order chi connectivity index (χ0) is 20.9. The molecule has 0 aliphatic carbocycles. The van der Waals surface area contributed by atoms with E-state index in [1.165, 1.54) is 11.3 Å². The fourth-order valence-corrected chi connectivity index (χ4v) is 4.78. The van der Waals surface area contributed by atoms with Crippen LogP contribution in [0.4, 0.5) is 11.5 Å². The number of nitrogens with one attached hydrogen (secondary N) is 1. The van der Waals surface area contributed by atoms with Crippen LogP contribution < -0.4 is 19.7 Å². The van der Waals surface area contributed by atoms with E-state index in [4.69, 9.17) is 9.47 Å². The first kappa shape index (κ1) is 20.5. The number of methoxy groups -OCH3 is 2. The molecule has 1 amide bonds. The Balaban J connectivity index is 1.46. The monoisotopic (exact) mass is 442 g/mol. The molecule has 1 saturated heterocycles. The predicted molar refractivity (Wildman–Crippen MR) is 122 cm³/mol. The molecule has 0 atom stereocenters. The summed E-state index contributed by atoms with van der Waals surface area (Å²) < 4.78 is 10.5. The van der Waals surface area contributed by atoms with Gasteiger partial charge in [-0.25, -0.2) is 9.97 Å². The average molecular weight is 443 g/mol. The van der Waals surface area contributed by atoms with Crippen molar-refractivity contribution < 1.29 is 14.3 Å². The fourth-order valence-electron chi connectivity index (χ4n) is 3.09. The molecule has 1 aliphatic rings. The minimum atomic E-state index is -0.295. The Hall–Kier alpha value is -2.78. The molecule has 3 aromatic rings. The van der Waals surface area contributed by atoms with Crippen LogP contribution in [0.3, 0.4) is 0 Å². The number of nitrogens with zero attached hydrogens (tertiary/aromatic N) is 3. The minimum Gasteiger partial charge on any atom is -0.497 e. The zero-order valence-corrected chi connectivity index (χ0v) is 18.4. The third-order valence-corrected chi connectivity index (χ3v) is 6.56. The largest absolute Gasteiger partial charge is 0.497 e. The van der Waals surface area contributed by atoms with Crippen LogP contribution in [0.15, 0.2) is 41.9 Å². The van der Waals surface area contributed by atoms with Crippen molar-refractivity contribution >= 4 is 40.5 Å². The molecule has 1 fully saturated rings. The van der Waals surface area contributed by atoms with Crippen molar-refractivity contribution in [2.45, 2.75) is 0 Å². The van der Waals surface area contributed by atoms with Gasteiger partial charge in [-0.05, 0) is 24.3 Å². The second-order valence-corrected chi connectivity index (χ2v) is 8.65. The number of thiazole rings is 1. The van der Waals surface area contributed by atoms with Gasteiger partial charge in [0.05, 0.1) is 19.9 Å². The summed E-state index contributed by atoms with van der Waals surface area (Å²) in [5, 5.41) is 5.35. The number of pyridine rings is 1. The molecule has 4 rings (SSSR count). The second kappa shape index (κ2) is 9.36. The van der Waals surface area contributed by atoms with Crippen molar-refractivity contribution in [1.82, 2.24) is 9.97 Å². The summed E-state index contributed by atoms with van der Waals surface area (Å²) in [7, 11) is 3.13. The molecule has 0 saturated carbocycles. The highest BCUT2D eigenvalue weighted by Gasteiger charge is 2.16. The van der Waals surface area contributed by atoms with Crippen molar-refractivity contribution in [1.29, 1.82) is 0 Å². The van der Waals surface area contributed by atoms with Gasteiger partial charge in [0, 0.05) is 47.8 Å². The highest BCUT2D eigenvalue weighted by atomic mass is 32.2. The first-order valence-electron chi connectivity index (χ1n) is 9.46. The lowest BCUT2D eigenvalue weighted by Crippen LogP contribution is -2.32. The third kappa shape index (κ3) is 4.52. The summed E-state index contributed by atoms with van der Waals surface area (Å²) >= 11 is 3.39. The number of carbonyl (C=O) groups is 1. The van der Waals surface area contributed by atoms with E-state index in [9.17, 15) is 4.79 Å². The summed E-state index contributed by atoms with van der Waals surface area (Å²) in [4.78, 5) is 24.0. The van der Waals surface area contributed by atoms with Crippen molar-refractivity contribution in [3.63, 3.8) is 0 Å². The van der Waals surface area contributed by atoms with E-state index in [1.807, 2.05) is 30.1 Å². The smallest absolute Gasteiger partial charge is 0.275 e. The van der Waals surface area contributed by atoms with Gasteiger partial charge in [0.2, 0.25) is 0 Å². The standard InChI is InChI=1S/C21H22N4O3S2/c1-27-15-4-5-16(18(11-15)28-2)23-20(26)17-13-30-21(24-17)14-3-6-19(22-12-14)25-7-9-29-10-8-25/h3-6,11-13H,7-10H2,1-2H3,(H,23,26). The number of amides is 1. The molecule has 156 valence electrons.